The van der Waals surface area contributed by atoms with Gasteiger partial charge in [-0.1, -0.05) is 93.7 Å². The number of unbranched alkanes of at least 4 members (excludes halogenated alkanes) is 8. The molecule has 2 heterocycles. The van der Waals surface area contributed by atoms with Crippen molar-refractivity contribution in [2.75, 3.05) is 13.7 Å². The molecule has 2 aliphatic rings. The molecule has 0 amide bonds. The highest BCUT2D eigenvalue weighted by Crippen LogP contribution is 2.36. The normalized spacial score (nSPS) is 21.7. The number of esters is 2. The topological polar surface area (TPSA) is 55.8 Å². The van der Waals surface area contributed by atoms with Gasteiger partial charge in [0.2, 0.25) is 0 Å². The molecule has 222 valence electrons. The predicted octanol–water partition coefficient (Wildman–Crippen LogP) is 8.30. The van der Waals surface area contributed by atoms with Crippen molar-refractivity contribution in [2.24, 2.45) is 0 Å². The van der Waals surface area contributed by atoms with E-state index in [1.54, 1.807) is 0 Å². The lowest BCUT2D eigenvalue weighted by molar-refractivity contribution is -0.158. The zero-order valence-electron chi connectivity index (χ0n) is 25.1. The summed E-state index contributed by atoms with van der Waals surface area (Å²) < 4.78 is 11.6. The van der Waals surface area contributed by atoms with Crippen LogP contribution in [0.15, 0.2) is 54.6 Å². The van der Waals surface area contributed by atoms with Crippen LogP contribution in [-0.4, -0.2) is 48.7 Å². The van der Waals surface area contributed by atoms with Crippen LogP contribution in [0, 0.1) is 0 Å². The van der Waals surface area contributed by atoms with Crippen molar-refractivity contribution in [3.8, 4) is 0 Å². The van der Waals surface area contributed by atoms with E-state index in [0.717, 1.165) is 50.5 Å². The van der Waals surface area contributed by atoms with Gasteiger partial charge < -0.3 is 14.4 Å². The van der Waals surface area contributed by atoms with Gasteiger partial charge in [-0.05, 0) is 76.8 Å². The second kappa shape index (κ2) is 18.9. The molecule has 40 heavy (non-hydrogen) atoms. The second-order valence-electron chi connectivity index (χ2n) is 11.7. The van der Waals surface area contributed by atoms with E-state index >= 15 is 0 Å². The summed E-state index contributed by atoms with van der Waals surface area (Å²) in [5.41, 5.74) is 0.841. The Kier molecular flexibility index (Phi) is 15.1. The summed E-state index contributed by atoms with van der Waals surface area (Å²) in [6.07, 6.45) is 26.3. The Balaban J connectivity index is 1.28. The van der Waals surface area contributed by atoms with Crippen molar-refractivity contribution in [3.63, 3.8) is 0 Å². The Labute approximate surface area is 243 Å². The maximum absolute atomic E-state index is 13.2. The number of fused-ring (bicyclic) bond motifs is 2. The van der Waals surface area contributed by atoms with Crippen LogP contribution in [-0.2, 0) is 19.1 Å². The maximum Gasteiger partial charge on any atom is 0.317 e. The number of carbonyl (C=O) groups is 2. The van der Waals surface area contributed by atoms with Gasteiger partial charge in [0.25, 0.3) is 0 Å². The van der Waals surface area contributed by atoms with Gasteiger partial charge in [0.15, 0.2) is 0 Å². The lowest BCUT2D eigenvalue weighted by Crippen LogP contribution is -2.44. The van der Waals surface area contributed by atoms with Gasteiger partial charge in [-0.2, -0.15) is 0 Å². The Hall–Kier alpha value is -2.40. The summed E-state index contributed by atoms with van der Waals surface area (Å²) in [4.78, 5) is 28.1. The molecule has 2 fully saturated rings. The van der Waals surface area contributed by atoms with Gasteiger partial charge in [-0.3, -0.25) is 9.59 Å². The summed E-state index contributed by atoms with van der Waals surface area (Å²) >= 11 is 0. The minimum atomic E-state index is -0.577. The summed E-state index contributed by atoms with van der Waals surface area (Å²) in [5, 5.41) is 0. The van der Waals surface area contributed by atoms with E-state index < -0.39 is 5.92 Å². The highest BCUT2D eigenvalue weighted by Gasteiger charge is 2.40. The molecule has 0 radical (unpaired) electrons. The lowest BCUT2D eigenvalue weighted by Gasteiger charge is -2.36. The van der Waals surface area contributed by atoms with Gasteiger partial charge in [0.05, 0.1) is 0 Å². The van der Waals surface area contributed by atoms with E-state index in [1.165, 1.54) is 51.4 Å². The highest BCUT2D eigenvalue weighted by atomic mass is 16.6. The third-order valence-electron chi connectivity index (χ3n) is 8.57. The van der Waals surface area contributed by atoms with Crippen molar-refractivity contribution in [2.45, 2.75) is 134 Å². The van der Waals surface area contributed by atoms with E-state index in [-0.39, 0.29) is 24.6 Å². The van der Waals surface area contributed by atoms with Crippen LogP contribution in [0.25, 0.3) is 0 Å². The molecule has 5 heteroatoms. The standard InChI is InChI=1S/C35H53NO4/c1-3-4-5-6-7-8-9-10-11-12-13-14-15-16-20-23-34(37)39-28-33(29-21-18-17-19-22-29)35(38)40-32-26-30-24-25-31(27-32)36(30)2/h7-8,10-11,17-19,21-22,30-33H,3-6,9,12-16,20,23-28H2,1-2H3/b8-7-,11-10-/t30-,31+,32+,33?. The number of piperidine rings is 1. The maximum atomic E-state index is 13.2. The zero-order valence-corrected chi connectivity index (χ0v) is 25.1. The number of hydrogen-bond donors (Lipinski definition) is 0. The first-order valence-corrected chi connectivity index (χ1v) is 16.0. The molecule has 0 aromatic heterocycles. The van der Waals surface area contributed by atoms with Crippen LogP contribution < -0.4 is 0 Å². The largest absolute Gasteiger partial charge is 0.464 e. The minimum absolute atomic E-state index is 0.0431. The fourth-order valence-electron chi connectivity index (χ4n) is 6.02. The van der Waals surface area contributed by atoms with Gasteiger partial charge in [-0.25, -0.2) is 0 Å². The Bertz CT molecular complexity index is 897. The van der Waals surface area contributed by atoms with Crippen molar-refractivity contribution >= 4 is 11.9 Å². The van der Waals surface area contributed by atoms with Crippen molar-refractivity contribution in [1.82, 2.24) is 4.90 Å². The average molecular weight is 552 g/mol. The first kappa shape index (κ1) is 32.1. The molecule has 0 spiro atoms. The third-order valence-corrected chi connectivity index (χ3v) is 8.57. The Morgan fingerprint density at radius 3 is 2.17 bits per heavy atom. The monoisotopic (exact) mass is 551 g/mol. The number of benzene rings is 1. The fraction of sp³-hybridized carbons (Fsp3) is 0.657. The molecule has 1 unspecified atom stereocenters. The molecular formula is C35H53NO4. The lowest BCUT2D eigenvalue weighted by atomic mass is 9.98. The van der Waals surface area contributed by atoms with Gasteiger partial charge in [-0.15, -0.1) is 0 Å². The number of hydrogen-bond acceptors (Lipinski definition) is 5. The van der Waals surface area contributed by atoms with Crippen LogP contribution in [0.4, 0.5) is 0 Å². The molecular weight excluding hydrogens is 498 g/mol. The third kappa shape index (κ3) is 11.6. The summed E-state index contributed by atoms with van der Waals surface area (Å²) in [6.45, 7) is 2.28. The minimum Gasteiger partial charge on any atom is -0.464 e. The molecule has 0 N–H and O–H groups in total. The quantitative estimate of drug-likeness (QED) is 0.0983. The Morgan fingerprint density at radius 2 is 1.50 bits per heavy atom. The molecule has 0 aliphatic carbocycles. The molecule has 2 bridgehead atoms. The van der Waals surface area contributed by atoms with Crippen LogP contribution in [0.2, 0.25) is 0 Å². The van der Waals surface area contributed by atoms with Gasteiger partial charge in [0.1, 0.15) is 18.6 Å². The molecule has 3 rings (SSSR count). The number of nitrogens with zero attached hydrogens (tertiary/aromatic N) is 1. The van der Waals surface area contributed by atoms with E-state index in [4.69, 9.17) is 9.47 Å². The van der Waals surface area contributed by atoms with E-state index in [0.29, 0.717) is 18.5 Å². The van der Waals surface area contributed by atoms with E-state index in [2.05, 4.69) is 43.2 Å². The molecule has 1 aromatic carbocycles. The number of rotatable bonds is 19. The zero-order chi connectivity index (χ0) is 28.4. The smallest absolute Gasteiger partial charge is 0.317 e. The van der Waals surface area contributed by atoms with E-state index in [1.807, 2.05) is 30.3 Å². The van der Waals surface area contributed by atoms with Gasteiger partial charge in [0, 0.05) is 18.5 Å². The van der Waals surface area contributed by atoms with Crippen LogP contribution in [0.1, 0.15) is 121 Å². The Morgan fingerprint density at radius 1 is 0.875 bits per heavy atom. The number of allylic oxidation sites excluding steroid dienone is 4. The first-order chi connectivity index (χ1) is 19.6. The molecule has 0 saturated carbocycles. The molecule has 5 nitrogen and oxygen atoms in total. The predicted molar refractivity (Wildman–Crippen MR) is 163 cm³/mol. The van der Waals surface area contributed by atoms with Crippen molar-refractivity contribution in [1.29, 1.82) is 0 Å². The first-order valence-electron chi connectivity index (χ1n) is 16.0. The fourth-order valence-corrected chi connectivity index (χ4v) is 6.02. The average Bonchev–Trinajstić information content (AvgIpc) is 3.15. The molecule has 2 saturated heterocycles. The van der Waals surface area contributed by atoms with Crippen LogP contribution in [0.3, 0.4) is 0 Å². The highest BCUT2D eigenvalue weighted by molar-refractivity contribution is 5.79. The van der Waals surface area contributed by atoms with Crippen LogP contribution in [0.5, 0.6) is 0 Å². The van der Waals surface area contributed by atoms with E-state index in [9.17, 15) is 9.59 Å². The van der Waals surface area contributed by atoms with Gasteiger partial charge >= 0.3 is 11.9 Å². The van der Waals surface area contributed by atoms with Crippen LogP contribution >= 0.6 is 0 Å². The number of carbonyl (C=O) groups excluding carboxylic acids is 2. The molecule has 1 aromatic rings. The summed E-state index contributed by atoms with van der Waals surface area (Å²) in [5.74, 6) is -1.08. The SMILES string of the molecule is CCCCC/C=C\C/C=C\CCCCCCCC(=O)OCC(C(=O)O[C@H]1C[C@H]2CC[C@@H](C1)N2C)c1ccccc1. The summed E-state index contributed by atoms with van der Waals surface area (Å²) in [6, 6.07) is 10.6. The summed E-state index contributed by atoms with van der Waals surface area (Å²) in [7, 11) is 2.18. The molecule has 4 atom stereocenters. The number of ether oxygens (including phenoxy) is 2. The van der Waals surface area contributed by atoms with Crippen molar-refractivity contribution in [3.05, 3.63) is 60.2 Å². The molecule has 2 aliphatic heterocycles. The second-order valence-corrected chi connectivity index (χ2v) is 11.7. The van der Waals surface area contributed by atoms with Crippen molar-refractivity contribution < 1.29 is 19.1 Å².